The molecule has 126 valence electrons. The molecule has 0 aromatic heterocycles. The number of amides is 1. The maximum atomic E-state index is 11.4. The lowest BCUT2D eigenvalue weighted by atomic mass is 10.1. The van der Waals surface area contributed by atoms with E-state index in [2.05, 4.69) is 0 Å². The Hall–Kier alpha value is -2.35. The Morgan fingerprint density at radius 3 is 2.83 bits per heavy atom. The quantitative estimate of drug-likeness (QED) is 0.654. The zero-order valence-corrected chi connectivity index (χ0v) is 12.6. The third-order valence-electron chi connectivity index (χ3n) is 3.63. The second-order valence-electron chi connectivity index (χ2n) is 5.42. The zero-order chi connectivity index (χ0) is 16.8. The molecule has 1 unspecified atom stereocenters. The number of hydrogen-bond acceptors (Lipinski definition) is 6. The molecule has 0 aliphatic carbocycles. The van der Waals surface area contributed by atoms with E-state index in [4.69, 9.17) is 20.3 Å². The number of carbonyl (C=O) groups excluding carboxylic acids is 2. The molecule has 23 heavy (non-hydrogen) atoms. The van der Waals surface area contributed by atoms with Crippen molar-refractivity contribution in [1.29, 1.82) is 0 Å². The summed E-state index contributed by atoms with van der Waals surface area (Å²) >= 11 is 0. The molecule has 0 spiro atoms. The van der Waals surface area contributed by atoms with Crippen molar-refractivity contribution in [2.45, 2.75) is 44.4 Å². The summed E-state index contributed by atoms with van der Waals surface area (Å²) in [5.74, 6) is -2.04. The van der Waals surface area contributed by atoms with Crippen molar-refractivity contribution in [1.82, 2.24) is 4.90 Å². The topological polar surface area (TPSA) is 119 Å². The standard InChI is InChI=1S/C15H20N2O6/c16-15(21)10-2-1-7-17(8-10)12-4-3-11(23-12)9-22-14(20)6-5-13(18)19/h1,7-8,11-12H,2-6,9H2,(H2,16,21)(H,18,19)/t11?,12-/m1/s1. The highest BCUT2D eigenvalue weighted by molar-refractivity contribution is 5.92. The number of esters is 1. The van der Waals surface area contributed by atoms with Gasteiger partial charge in [-0.1, -0.05) is 6.08 Å². The Kier molecular flexibility index (Phi) is 5.75. The van der Waals surface area contributed by atoms with Crippen molar-refractivity contribution in [3.63, 3.8) is 0 Å². The molecule has 2 aliphatic heterocycles. The lowest BCUT2D eigenvalue weighted by Gasteiger charge is -2.27. The van der Waals surface area contributed by atoms with E-state index in [0.717, 1.165) is 6.42 Å². The summed E-state index contributed by atoms with van der Waals surface area (Å²) in [6.07, 6.45) is 6.42. The van der Waals surface area contributed by atoms with Gasteiger partial charge >= 0.3 is 11.9 Å². The number of aliphatic carboxylic acids is 1. The van der Waals surface area contributed by atoms with Gasteiger partial charge in [-0.2, -0.15) is 0 Å². The van der Waals surface area contributed by atoms with Gasteiger partial charge in [0.15, 0.2) is 0 Å². The number of rotatable bonds is 7. The van der Waals surface area contributed by atoms with E-state index in [-0.39, 0.29) is 31.8 Å². The van der Waals surface area contributed by atoms with Crippen LogP contribution in [0.25, 0.3) is 0 Å². The van der Waals surface area contributed by atoms with Crippen molar-refractivity contribution >= 4 is 17.8 Å². The van der Waals surface area contributed by atoms with Crippen LogP contribution in [0.5, 0.6) is 0 Å². The van der Waals surface area contributed by atoms with Crippen LogP contribution in [0, 0.1) is 0 Å². The second-order valence-corrected chi connectivity index (χ2v) is 5.42. The molecule has 3 N–H and O–H groups in total. The molecule has 2 aliphatic rings. The Bertz CT molecular complexity index is 542. The van der Waals surface area contributed by atoms with Gasteiger partial charge in [0.05, 0.1) is 18.9 Å². The first kappa shape index (κ1) is 17.0. The van der Waals surface area contributed by atoms with E-state index in [9.17, 15) is 14.4 Å². The van der Waals surface area contributed by atoms with Crippen LogP contribution in [0.3, 0.4) is 0 Å². The highest BCUT2D eigenvalue weighted by Gasteiger charge is 2.30. The van der Waals surface area contributed by atoms with Gasteiger partial charge in [0.25, 0.3) is 0 Å². The number of carboxylic acids is 1. The van der Waals surface area contributed by atoms with Crippen molar-refractivity contribution < 1.29 is 29.0 Å². The Balaban J connectivity index is 1.77. The third kappa shape index (κ3) is 5.10. The molecule has 1 amide bonds. The molecule has 2 atom stereocenters. The second kappa shape index (κ2) is 7.77. The molecule has 1 saturated heterocycles. The van der Waals surface area contributed by atoms with Crippen LogP contribution >= 0.6 is 0 Å². The predicted molar refractivity (Wildman–Crippen MR) is 78.6 cm³/mol. The van der Waals surface area contributed by atoms with Crippen LogP contribution < -0.4 is 5.73 Å². The monoisotopic (exact) mass is 324 g/mol. The average Bonchev–Trinajstić information content (AvgIpc) is 3.00. The molecule has 1 fully saturated rings. The summed E-state index contributed by atoms with van der Waals surface area (Å²) in [6.45, 7) is 0.0961. The number of nitrogens with two attached hydrogens (primary N) is 1. The van der Waals surface area contributed by atoms with E-state index >= 15 is 0 Å². The number of nitrogens with zero attached hydrogens (tertiary/aromatic N) is 1. The summed E-state index contributed by atoms with van der Waals surface area (Å²) in [6, 6.07) is 0. The van der Waals surface area contributed by atoms with Crippen LogP contribution in [-0.4, -0.2) is 46.8 Å². The van der Waals surface area contributed by atoms with Crippen molar-refractivity contribution in [3.8, 4) is 0 Å². The lowest BCUT2D eigenvalue weighted by Crippen LogP contribution is -2.30. The molecule has 2 heterocycles. The third-order valence-corrected chi connectivity index (χ3v) is 3.63. The minimum absolute atomic E-state index is 0.0961. The van der Waals surface area contributed by atoms with Crippen molar-refractivity contribution in [3.05, 3.63) is 24.0 Å². The first-order valence-electron chi connectivity index (χ1n) is 7.43. The number of ether oxygens (including phenoxy) is 2. The van der Waals surface area contributed by atoms with E-state index < -0.39 is 17.8 Å². The summed E-state index contributed by atoms with van der Waals surface area (Å²) in [7, 11) is 0. The Labute approximate surface area is 133 Å². The molecule has 8 nitrogen and oxygen atoms in total. The predicted octanol–water partition coefficient (Wildman–Crippen LogP) is 0.488. The van der Waals surface area contributed by atoms with Gasteiger partial charge < -0.3 is 25.2 Å². The van der Waals surface area contributed by atoms with Crippen LogP contribution in [0.4, 0.5) is 0 Å². The first-order chi connectivity index (χ1) is 11.0. The molecule has 0 radical (unpaired) electrons. The fourth-order valence-electron chi connectivity index (χ4n) is 2.42. The lowest BCUT2D eigenvalue weighted by molar-refractivity contribution is -0.151. The molecule has 2 rings (SSSR count). The van der Waals surface area contributed by atoms with Gasteiger partial charge in [-0.15, -0.1) is 0 Å². The minimum Gasteiger partial charge on any atom is -0.481 e. The molecular weight excluding hydrogens is 304 g/mol. The smallest absolute Gasteiger partial charge is 0.306 e. The van der Waals surface area contributed by atoms with E-state index in [1.165, 1.54) is 0 Å². The van der Waals surface area contributed by atoms with Gasteiger partial charge in [-0.25, -0.2) is 0 Å². The van der Waals surface area contributed by atoms with Gasteiger partial charge in [0, 0.05) is 18.0 Å². The van der Waals surface area contributed by atoms with Crippen LogP contribution in [0.2, 0.25) is 0 Å². The number of carboxylic acid groups (broad SMARTS) is 1. The van der Waals surface area contributed by atoms with Gasteiger partial charge in [-0.05, 0) is 19.3 Å². The molecule has 0 saturated carbocycles. The molecule has 0 aromatic carbocycles. The summed E-state index contributed by atoms with van der Waals surface area (Å²) < 4.78 is 10.8. The van der Waals surface area contributed by atoms with Crippen LogP contribution in [-0.2, 0) is 23.9 Å². The maximum Gasteiger partial charge on any atom is 0.306 e. The van der Waals surface area contributed by atoms with Crippen LogP contribution in [0.15, 0.2) is 24.0 Å². The first-order valence-corrected chi connectivity index (χ1v) is 7.43. The fourth-order valence-corrected chi connectivity index (χ4v) is 2.42. The molecule has 0 bridgehead atoms. The number of carbonyl (C=O) groups is 3. The molecule has 8 heteroatoms. The van der Waals surface area contributed by atoms with E-state index in [0.29, 0.717) is 18.4 Å². The molecule has 0 aromatic rings. The maximum absolute atomic E-state index is 11.4. The molecular formula is C15H20N2O6. The van der Waals surface area contributed by atoms with Crippen LogP contribution in [0.1, 0.15) is 32.1 Å². The average molecular weight is 324 g/mol. The normalized spacial score (nSPS) is 23.5. The van der Waals surface area contributed by atoms with Gasteiger partial charge in [-0.3, -0.25) is 14.4 Å². The fraction of sp³-hybridized carbons (Fsp3) is 0.533. The number of allylic oxidation sites excluding steroid dienone is 1. The van der Waals surface area contributed by atoms with Gasteiger partial charge in [0.1, 0.15) is 12.8 Å². The Morgan fingerprint density at radius 2 is 2.13 bits per heavy atom. The largest absolute Gasteiger partial charge is 0.481 e. The Morgan fingerprint density at radius 1 is 1.35 bits per heavy atom. The number of hydrogen-bond donors (Lipinski definition) is 2. The highest BCUT2D eigenvalue weighted by Crippen LogP contribution is 2.26. The highest BCUT2D eigenvalue weighted by atomic mass is 16.6. The summed E-state index contributed by atoms with van der Waals surface area (Å²) in [5, 5.41) is 8.50. The number of primary amides is 1. The summed E-state index contributed by atoms with van der Waals surface area (Å²) in [4.78, 5) is 34.8. The zero-order valence-electron chi connectivity index (χ0n) is 12.6. The minimum atomic E-state index is -1.03. The van der Waals surface area contributed by atoms with Crippen molar-refractivity contribution in [2.75, 3.05) is 6.61 Å². The van der Waals surface area contributed by atoms with Crippen molar-refractivity contribution in [2.24, 2.45) is 5.73 Å². The SMILES string of the molecule is NC(=O)C1=CN([C@H]2CCC(COC(=O)CCC(=O)O)O2)C=CC1. The van der Waals surface area contributed by atoms with E-state index in [1.807, 2.05) is 12.3 Å². The van der Waals surface area contributed by atoms with E-state index in [1.54, 1.807) is 11.1 Å². The van der Waals surface area contributed by atoms with Gasteiger partial charge in [0.2, 0.25) is 5.91 Å². The summed E-state index contributed by atoms with van der Waals surface area (Å²) in [5.41, 5.74) is 5.79.